The van der Waals surface area contributed by atoms with Crippen LogP contribution < -0.4 is 0 Å². The fraction of sp³-hybridized carbons (Fsp3) is 0. The Morgan fingerprint density at radius 2 is 1.94 bits per heavy atom. The standard InChI is InChI=1S/C12H8IN3S/c13-10-9-6-7-14-12(17)16(9)15-11(10)8-4-2-1-3-5-8/h1-7H,(H,14,17). The van der Waals surface area contributed by atoms with Gasteiger partial charge in [-0.1, -0.05) is 30.3 Å². The Kier molecular flexibility index (Phi) is 2.71. The number of fused-ring (bicyclic) bond motifs is 1. The predicted octanol–water partition coefficient (Wildman–Crippen LogP) is 3.66. The van der Waals surface area contributed by atoms with Gasteiger partial charge in [0, 0.05) is 11.8 Å². The molecule has 0 saturated carbocycles. The molecule has 2 aromatic heterocycles. The van der Waals surface area contributed by atoms with Crippen LogP contribution in [-0.2, 0) is 0 Å². The van der Waals surface area contributed by atoms with Gasteiger partial charge in [0.25, 0.3) is 0 Å². The highest BCUT2D eigenvalue weighted by Gasteiger charge is 2.11. The summed E-state index contributed by atoms with van der Waals surface area (Å²) in [7, 11) is 0. The van der Waals surface area contributed by atoms with Crippen molar-refractivity contribution in [1.29, 1.82) is 0 Å². The largest absolute Gasteiger partial charge is 0.337 e. The molecule has 5 heteroatoms. The number of nitrogens with one attached hydrogen (secondary N) is 1. The number of nitrogens with zero attached hydrogens (tertiary/aromatic N) is 2. The fourth-order valence-electron chi connectivity index (χ4n) is 1.74. The topological polar surface area (TPSA) is 33.1 Å². The van der Waals surface area contributed by atoms with Crippen LogP contribution in [0.25, 0.3) is 16.8 Å². The highest BCUT2D eigenvalue weighted by atomic mass is 127. The van der Waals surface area contributed by atoms with Gasteiger partial charge in [-0.25, -0.2) is 4.52 Å². The molecule has 0 fully saturated rings. The van der Waals surface area contributed by atoms with Gasteiger partial charge in [0.15, 0.2) is 4.77 Å². The van der Waals surface area contributed by atoms with Crippen LogP contribution in [0.5, 0.6) is 0 Å². The molecule has 0 unspecified atom stereocenters. The quantitative estimate of drug-likeness (QED) is 0.535. The van der Waals surface area contributed by atoms with Gasteiger partial charge < -0.3 is 4.98 Å². The van der Waals surface area contributed by atoms with Crippen LogP contribution >= 0.6 is 34.8 Å². The highest BCUT2D eigenvalue weighted by Crippen LogP contribution is 2.26. The van der Waals surface area contributed by atoms with Gasteiger partial charge in [-0.3, -0.25) is 0 Å². The van der Waals surface area contributed by atoms with Crippen molar-refractivity contribution in [1.82, 2.24) is 14.6 Å². The first-order valence-corrected chi connectivity index (χ1v) is 6.57. The Bertz CT molecular complexity index is 730. The van der Waals surface area contributed by atoms with Crippen LogP contribution in [0.1, 0.15) is 0 Å². The summed E-state index contributed by atoms with van der Waals surface area (Å²) in [5.74, 6) is 0. The van der Waals surface area contributed by atoms with Crippen LogP contribution in [0.2, 0.25) is 0 Å². The molecule has 1 N–H and O–H groups in total. The second kappa shape index (κ2) is 4.23. The summed E-state index contributed by atoms with van der Waals surface area (Å²) in [4.78, 5) is 2.98. The van der Waals surface area contributed by atoms with E-state index in [4.69, 9.17) is 12.2 Å². The van der Waals surface area contributed by atoms with Crippen molar-refractivity contribution in [2.24, 2.45) is 0 Å². The van der Waals surface area contributed by atoms with E-state index in [1.807, 2.05) is 30.5 Å². The molecule has 0 amide bonds. The zero-order valence-electron chi connectivity index (χ0n) is 8.72. The molecule has 0 atom stereocenters. The van der Waals surface area contributed by atoms with E-state index in [1.165, 1.54) is 0 Å². The second-order valence-electron chi connectivity index (χ2n) is 3.61. The van der Waals surface area contributed by atoms with E-state index in [0.29, 0.717) is 4.77 Å². The van der Waals surface area contributed by atoms with Gasteiger partial charge in [-0.05, 0) is 40.9 Å². The molecule has 0 spiro atoms. The zero-order valence-corrected chi connectivity index (χ0v) is 11.7. The average molecular weight is 353 g/mol. The number of aromatic amines is 1. The van der Waals surface area contributed by atoms with E-state index in [0.717, 1.165) is 20.3 Å². The number of H-pyrrole nitrogens is 1. The lowest BCUT2D eigenvalue weighted by Gasteiger charge is -1.95. The molecule has 0 aliphatic rings. The molecule has 3 nitrogen and oxygen atoms in total. The van der Waals surface area contributed by atoms with Gasteiger partial charge in [-0.15, -0.1) is 0 Å². The molecule has 1 aromatic carbocycles. The third-order valence-corrected chi connectivity index (χ3v) is 3.90. The predicted molar refractivity (Wildman–Crippen MR) is 78.5 cm³/mol. The lowest BCUT2D eigenvalue weighted by Crippen LogP contribution is -1.90. The number of hydrogen-bond acceptors (Lipinski definition) is 2. The van der Waals surface area contributed by atoms with Gasteiger partial charge in [0.2, 0.25) is 0 Å². The maximum atomic E-state index is 5.22. The van der Waals surface area contributed by atoms with Crippen molar-refractivity contribution in [2.45, 2.75) is 0 Å². The minimum Gasteiger partial charge on any atom is -0.337 e. The number of aromatic nitrogens is 3. The SMILES string of the molecule is S=c1[nH]ccc2c(I)c(-c3ccccc3)nn12. The summed E-state index contributed by atoms with van der Waals surface area (Å²) < 4.78 is 3.50. The van der Waals surface area contributed by atoms with Crippen molar-refractivity contribution in [3.63, 3.8) is 0 Å². The highest BCUT2D eigenvalue weighted by molar-refractivity contribution is 14.1. The van der Waals surface area contributed by atoms with Gasteiger partial charge >= 0.3 is 0 Å². The first-order chi connectivity index (χ1) is 8.27. The number of benzene rings is 1. The van der Waals surface area contributed by atoms with E-state index >= 15 is 0 Å². The van der Waals surface area contributed by atoms with Crippen LogP contribution in [0.4, 0.5) is 0 Å². The average Bonchev–Trinajstić information content (AvgIpc) is 2.70. The normalized spacial score (nSPS) is 10.9. The summed E-state index contributed by atoms with van der Waals surface area (Å²) in [6.45, 7) is 0. The monoisotopic (exact) mass is 353 g/mol. The maximum absolute atomic E-state index is 5.22. The Labute approximate surface area is 117 Å². The van der Waals surface area contributed by atoms with E-state index in [2.05, 4.69) is 44.8 Å². The van der Waals surface area contributed by atoms with Crippen LogP contribution in [0.3, 0.4) is 0 Å². The lowest BCUT2D eigenvalue weighted by molar-refractivity contribution is 0.905. The molecule has 84 valence electrons. The minimum absolute atomic E-state index is 0.614. The molecule has 2 heterocycles. The zero-order chi connectivity index (χ0) is 11.8. The molecule has 17 heavy (non-hydrogen) atoms. The molecule has 0 aliphatic carbocycles. The first kappa shape index (κ1) is 10.9. The molecule has 0 aliphatic heterocycles. The smallest absolute Gasteiger partial charge is 0.198 e. The summed E-state index contributed by atoms with van der Waals surface area (Å²) in [6, 6.07) is 12.1. The Morgan fingerprint density at radius 3 is 2.65 bits per heavy atom. The van der Waals surface area contributed by atoms with E-state index < -0.39 is 0 Å². The third kappa shape index (κ3) is 1.79. The lowest BCUT2D eigenvalue weighted by atomic mass is 10.1. The first-order valence-electron chi connectivity index (χ1n) is 5.09. The van der Waals surface area contributed by atoms with Crippen LogP contribution in [0, 0.1) is 8.34 Å². The molecule has 0 radical (unpaired) electrons. The molecule has 0 bridgehead atoms. The molecular formula is C12H8IN3S. The third-order valence-electron chi connectivity index (χ3n) is 2.55. The number of rotatable bonds is 1. The molecule has 0 saturated heterocycles. The van der Waals surface area contributed by atoms with Gasteiger partial charge in [0.05, 0.1) is 9.09 Å². The Morgan fingerprint density at radius 1 is 1.18 bits per heavy atom. The van der Waals surface area contributed by atoms with Crippen LogP contribution in [-0.4, -0.2) is 14.6 Å². The van der Waals surface area contributed by atoms with Crippen LogP contribution in [0.15, 0.2) is 42.6 Å². The number of hydrogen-bond donors (Lipinski definition) is 1. The van der Waals surface area contributed by atoms with Crippen molar-refractivity contribution < 1.29 is 0 Å². The summed E-state index contributed by atoms with van der Waals surface area (Å²) in [5, 5.41) is 4.56. The van der Waals surface area contributed by atoms with Gasteiger partial charge in [-0.2, -0.15) is 5.10 Å². The van der Waals surface area contributed by atoms with Crippen molar-refractivity contribution in [3.05, 3.63) is 50.9 Å². The number of halogens is 1. The molecule has 3 aromatic rings. The summed E-state index contributed by atoms with van der Waals surface area (Å²) in [5.41, 5.74) is 3.11. The van der Waals surface area contributed by atoms with Crippen molar-refractivity contribution in [2.75, 3.05) is 0 Å². The fourth-order valence-corrected chi connectivity index (χ4v) is 2.78. The minimum atomic E-state index is 0.614. The van der Waals surface area contributed by atoms with E-state index in [9.17, 15) is 0 Å². The summed E-state index contributed by atoms with van der Waals surface area (Å²) in [6.07, 6.45) is 1.84. The van der Waals surface area contributed by atoms with E-state index in [1.54, 1.807) is 4.52 Å². The van der Waals surface area contributed by atoms with Crippen molar-refractivity contribution >= 4 is 40.3 Å². The second-order valence-corrected chi connectivity index (χ2v) is 5.07. The molecular weight excluding hydrogens is 345 g/mol. The Hall–Kier alpha value is -1.21. The molecule has 3 rings (SSSR count). The van der Waals surface area contributed by atoms with E-state index in [-0.39, 0.29) is 0 Å². The van der Waals surface area contributed by atoms with Gasteiger partial charge in [0.1, 0.15) is 5.69 Å². The van der Waals surface area contributed by atoms with Crippen molar-refractivity contribution in [3.8, 4) is 11.3 Å². The Balaban J connectivity index is 2.36. The summed E-state index contributed by atoms with van der Waals surface area (Å²) >= 11 is 7.53. The maximum Gasteiger partial charge on any atom is 0.198 e.